The van der Waals surface area contributed by atoms with E-state index in [2.05, 4.69) is 19.2 Å². The van der Waals surface area contributed by atoms with E-state index in [1.54, 1.807) is 4.90 Å². The summed E-state index contributed by atoms with van der Waals surface area (Å²) in [5, 5.41) is 0. The van der Waals surface area contributed by atoms with Crippen molar-refractivity contribution in [1.29, 1.82) is 0 Å². The molecule has 0 aromatic rings. The van der Waals surface area contributed by atoms with Gasteiger partial charge in [-0.1, -0.05) is 0 Å². The number of nitrogens with zero attached hydrogens (tertiary/aromatic N) is 1. The molecule has 0 aromatic heterocycles. The Morgan fingerprint density at radius 3 is 1.44 bits per heavy atom. The van der Waals surface area contributed by atoms with E-state index < -0.39 is 0 Å². The van der Waals surface area contributed by atoms with Crippen molar-refractivity contribution in [3.8, 4) is 0 Å². The van der Waals surface area contributed by atoms with Crippen LogP contribution in [0.25, 0.3) is 0 Å². The van der Waals surface area contributed by atoms with Crippen molar-refractivity contribution in [2.24, 2.45) is 0 Å². The molecular weight excluding hydrogens is 277 g/mol. The summed E-state index contributed by atoms with van der Waals surface area (Å²) in [6, 6.07) is 0. The number of hydrogen-bond donors (Lipinski definition) is 0. The summed E-state index contributed by atoms with van der Waals surface area (Å²) in [7, 11) is 7.25. The molecule has 0 unspecified atom stereocenters. The van der Waals surface area contributed by atoms with Crippen LogP contribution >= 0.6 is 24.8 Å². The minimum absolute atomic E-state index is 0. The SMILES string of the molecule is Cl.Cl.[C-]1=CC=CC1.[CH2-]N(C)C.[CH3-].[CH3-].[CH3-].[CH3-].[Ti]. The van der Waals surface area contributed by atoms with E-state index in [1.807, 2.05) is 26.2 Å². The Balaban J connectivity index is -0.00000000939. The van der Waals surface area contributed by atoms with Crippen LogP contribution in [0.2, 0.25) is 0 Å². The van der Waals surface area contributed by atoms with Gasteiger partial charge in [0, 0.05) is 21.7 Å². The van der Waals surface area contributed by atoms with Gasteiger partial charge in [0.2, 0.25) is 0 Å². The molecule has 0 aromatic carbocycles. The van der Waals surface area contributed by atoms with Gasteiger partial charge in [0.25, 0.3) is 0 Å². The van der Waals surface area contributed by atoms with Crippen LogP contribution in [-0.2, 0) is 21.7 Å². The van der Waals surface area contributed by atoms with E-state index in [-0.39, 0.29) is 76.2 Å². The van der Waals surface area contributed by atoms with Crippen LogP contribution in [0, 0.1) is 42.8 Å². The second kappa shape index (κ2) is 44.8. The van der Waals surface area contributed by atoms with Gasteiger partial charge in [0.1, 0.15) is 0 Å². The summed E-state index contributed by atoms with van der Waals surface area (Å²) in [5.41, 5.74) is 0. The third-order valence-corrected chi connectivity index (χ3v) is 0.586. The largest absolute Gasteiger partial charge is 0.464 e. The monoisotopic (exact) mass is 303 g/mol. The minimum Gasteiger partial charge on any atom is -0.464 e. The molecule has 1 aliphatic rings. The fourth-order valence-corrected chi connectivity index (χ4v) is 0.340. The van der Waals surface area contributed by atoms with Crippen LogP contribution in [0.1, 0.15) is 6.42 Å². The van der Waals surface area contributed by atoms with Crippen LogP contribution in [0.4, 0.5) is 0 Å². The van der Waals surface area contributed by atoms with Gasteiger partial charge in [-0.3, -0.25) is 13.1 Å². The summed E-state index contributed by atoms with van der Waals surface area (Å²) in [4.78, 5) is 1.75. The van der Waals surface area contributed by atoms with Gasteiger partial charge in [-0.15, -0.1) is 31.2 Å². The van der Waals surface area contributed by atoms with E-state index in [4.69, 9.17) is 0 Å². The Morgan fingerprint density at radius 1 is 1.06 bits per heavy atom. The van der Waals surface area contributed by atoms with E-state index in [0.29, 0.717) is 0 Å². The van der Waals surface area contributed by atoms with Gasteiger partial charge in [-0.2, -0.15) is 6.08 Å². The summed E-state index contributed by atoms with van der Waals surface area (Å²) in [6.07, 6.45) is 10.0. The first-order chi connectivity index (χ1) is 4.23. The average molecular weight is 304 g/mol. The minimum atomic E-state index is 0. The summed E-state index contributed by atoms with van der Waals surface area (Å²) in [6.45, 7) is 0. The third kappa shape index (κ3) is 84.5. The Morgan fingerprint density at radius 2 is 1.38 bits per heavy atom. The molecule has 0 N–H and O–H groups in total. The fraction of sp³-hybridized carbons (Fsp3) is 0.250. The maximum absolute atomic E-state index is 3.47. The Labute approximate surface area is 132 Å². The number of halogens is 2. The molecule has 0 fully saturated rings. The van der Waals surface area contributed by atoms with Crippen molar-refractivity contribution in [3.05, 3.63) is 61.1 Å². The van der Waals surface area contributed by atoms with E-state index in [9.17, 15) is 0 Å². The van der Waals surface area contributed by atoms with Crippen molar-refractivity contribution < 1.29 is 21.7 Å². The molecule has 0 saturated carbocycles. The van der Waals surface area contributed by atoms with Crippen LogP contribution in [0.5, 0.6) is 0 Å². The Hall–Kier alpha value is 0.734. The van der Waals surface area contributed by atoms with E-state index >= 15 is 0 Å². The van der Waals surface area contributed by atoms with E-state index in [0.717, 1.165) is 6.42 Å². The quantitative estimate of drug-likeness (QED) is 0.477. The van der Waals surface area contributed by atoms with Crippen molar-refractivity contribution in [2.45, 2.75) is 6.42 Å². The van der Waals surface area contributed by atoms with Crippen molar-refractivity contribution in [2.75, 3.05) is 14.1 Å². The zero-order chi connectivity index (χ0) is 7.11. The molecule has 1 aliphatic carbocycles. The Bertz CT molecular complexity index is 103. The molecule has 0 bridgehead atoms. The number of allylic oxidation sites excluding steroid dienone is 4. The molecule has 4 heteroatoms. The summed E-state index contributed by atoms with van der Waals surface area (Å²) in [5.74, 6) is 0. The second-order valence-electron chi connectivity index (χ2n) is 2.08. The maximum Gasteiger partial charge on any atom is 0 e. The van der Waals surface area contributed by atoms with Gasteiger partial charge < -0.3 is 34.6 Å². The van der Waals surface area contributed by atoms with Crippen molar-refractivity contribution >= 4 is 24.8 Å². The molecular formula is C12H27Cl2NTi-6. The zero-order valence-electron chi connectivity index (χ0n) is 11.4. The molecule has 0 radical (unpaired) electrons. The van der Waals surface area contributed by atoms with Gasteiger partial charge in [-0.25, -0.2) is 12.2 Å². The first-order valence-corrected chi connectivity index (χ1v) is 2.93. The molecule has 1 rings (SSSR count). The standard InChI is InChI=1S/C5H5.C3H8N.4CH3.2ClH.Ti/c1-2-4-5-3-1;1-4(2)3;;;;;;;/h1-3H,4H2;1H2,2-3H3;4*1H3;2*1H;/q6*-1;;;. The second-order valence-corrected chi connectivity index (χ2v) is 2.08. The maximum atomic E-state index is 3.47. The first kappa shape index (κ1) is 54.3. The van der Waals surface area contributed by atoms with Crippen molar-refractivity contribution in [1.82, 2.24) is 4.90 Å². The predicted octanol–water partition coefficient (Wildman–Crippen LogP) is 4.29. The number of hydrogen-bond acceptors (Lipinski definition) is 1. The normalized spacial score (nSPS) is 7.75. The molecule has 0 atom stereocenters. The molecule has 0 saturated heterocycles. The van der Waals surface area contributed by atoms with Gasteiger partial charge in [0.05, 0.1) is 0 Å². The fourth-order valence-electron chi connectivity index (χ4n) is 0.340. The molecule has 0 heterocycles. The molecule has 16 heavy (non-hydrogen) atoms. The Kier molecular flexibility index (Phi) is 152. The van der Waals surface area contributed by atoms with Gasteiger partial charge >= 0.3 is 0 Å². The smallest absolute Gasteiger partial charge is 0 e. The molecule has 0 spiro atoms. The third-order valence-electron chi connectivity index (χ3n) is 0.586. The number of rotatable bonds is 0. The van der Waals surface area contributed by atoms with Crippen molar-refractivity contribution in [3.63, 3.8) is 0 Å². The predicted molar refractivity (Wildman–Crippen MR) is 80.8 cm³/mol. The molecule has 104 valence electrons. The van der Waals surface area contributed by atoms with Crippen LogP contribution in [0.3, 0.4) is 0 Å². The van der Waals surface area contributed by atoms with Crippen LogP contribution in [-0.4, -0.2) is 19.0 Å². The topological polar surface area (TPSA) is 3.24 Å². The van der Waals surface area contributed by atoms with Gasteiger partial charge in [-0.05, 0) is 14.1 Å². The van der Waals surface area contributed by atoms with Crippen LogP contribution < -0.4 is 0 Å². The first-order valence-electron chi connectivity index (χ1n) is 2.93. The van der Waals surface area contributed by atoms with E-state index in [1.165, 1.54) is 0 Å². The van der Waals surface area contributed by atoms with Crippen LogP contribution in [0.15, 0.2) is 18.2 Å². The molecule has 0 amide bonds. The molecule has 1 nitrogen and oxygen atoms in total. The summed E-state index contributed by atoms with van der Waals surface area (Å²) < 4.78 is 0. The summed E-state index contributed by atoms with van der Waals surface area (Å²) >= 11 is 0. The average Bonchev–Trinajstić information content (AvgIpc) is 2.11. The van der Waals surface area contributed by atoms with Gasteiger partial charge in [0.15, 0.2) is 0 Å². The molecule has 0 aliphatic heterocycles. The zero-order valence-corrected chi connectivity index (χ0v) is 14.6.